The molecule has 2 nitrogen and oxygen atoms in total. The van der Waals surface area contributed by atoms with Gasteiger partial charge in [0.05, 0.1) is 0 Å². The molecule has 0 atom stereocenters. The van der Waals surface area contributed by atoms with E-state index in [4.69, 9.17) is 0 Å². The van der Waals surface area contributed by atoms with Crippen molar-refractivity contribution in [2.75, 3.05) is 0 Å². The summed E-state index contributed by atoms with van der Waals surface area (Å²) in [5, 5.41) is 1.05. The zero-order valence-corrected chi connectivity index (χ0v) is 10.7. The Morgan fingerprint density at radius 2 is 2.12 bits per heavy atom. The van der Waals surface area contributed by atoms with Crippen molar-refractivity contribution in [2.24, 2.45) is 5.92 Å². The zero-order chi connectivity index (χ0) is 12.4. The summed E-state index contributed by atoms with van der Waals surface area (Å²) in [6, 6.07) is 6.17. The average Bonchev–Trinajstić information content (AvgIpc) is 2.68. The van der Waals surface area contributed by atoms with E-state index in [1.54, 1.807) is 0 Å². The van der Waals surface area contributed by atoms with Crippen LogP contribution in [0.4, 0.5) is 0 Å². The van der Waals surface area contributed by atoms with Gasteiger partial charge in [-0.3, -0.25) is 4.79 Å². The molecule has 1 aromatic carbocycles. The fourth-order valence-electron chi connectivity index (χ4n) is 2.02. The average molecular weight is 229 g/mol. The number of aromatic nitrogens is 1. The molecule has 0 aliphatic carbocycles. The predicted octanol–water partition coefficient (Wildman–Crippen LogP) is 4.10. The molecular formula is C15H19NO. The molecule has 2 rings (SSSR count). The van der Waals surface area contributed by atoms with Crippen molar-refractivity contribution < 1.29 is 4.79 Å². The summed E-state index contributed by atoms with van der Waals surface area (Å²) in [4.78, 5) is 15.3. The summed E-state index contributed by atoms with van der Waals surface area (Å²) in [5.74, 6) is 0.821. The molecule has 0 bridgehead atoms. The Morgan fingerprint density at radius 1 is 1.35 bits per heavy atom. The molecule has 0 radical (unpaired) electrons. The van der Waals surface area contributed by atoms with E-state index in [0.717, 1.165) is 22.9 Å². The summed E-state index contributed by atoms with van der Waals surface area (Å²) in [6.07, 6.45) is 3.43. The summed E-state index contributed by atoms with van der Waals surface area (Å²) in [5.41, 5.74) is 3.07. The highest BCUT2D eigenvalue weighted by atomic mass is 16.1. The molecule has 2 heteroatoms. The van der Waals surface area contributed by atoms with Crippen molar-refractivity contribution in [1.29, 1.82) is 0 Å². The standard InChI is InChI=1S/C15H19NO/c1-10(2)4-7-15(17)13-9-16-14-6-5-11(3)8-12(13)14/h5-6,8-10,16H,4,7H2,1-3H3. The van der Waals surface area contributed by atoms with Crippen LogP contribution in [0, 0.1) is 12.8 Å². The van der Waals surface area contributed by atoms with Gasteiger partial charge in [-0.05, 0) is 31.4 Å². The van der Waals surface area contributed by atoms with Crippen molar-refractivity contribution in [2.45, 2.75) is 33.6 Å². The summed E-state index contributed by atoms with van der Waals surface area (Å²) in [7, 11) is 0. The molecule has 0 fully saturated rings. The van der Waals surface area contributed by atoms with Crippen LogP contribution in [0.15, 0.2) is 24.4 Å². The number of benzene rings is 1. The van der Waals surface area contributed by atoms with Gasteiger partial charge < -0.3 is 4.98 Å². The van der Waals surface area contributed by atoms with Crippen LogP contribution in [0.25, 0.3) is 10.9 Å². The number of ketones is 1. The van der Waals surface area contributed by atoms with Crippen molar-refractivity contribution in [3.63, 3.8) is 0 Å². The van der Waals surface area contributed by atoms with Crippen molar-refractivity contribution in [3.8, 4) is 0 Å². The fourth-order valence-corrected chi connectivity index (χ4v) is 2.02. The highest BCUT2D eigenvalue weighted by molar-refractivity contribution is 6.07. The van der Waals surface area contributed by atoms with E-state index in [9.17, 15) is 4.79 Å². The Balaban J connectivity index is 2.29. The normalized spacial score (nSPS) is 11.3. The second-order valence-electron chi connectivity index (χ2n) is 5.11. The van der Waals surface area contributed by atoms with E-state index < -0.39 is 0 Å². The number of aromatic amines is 1. The third-order valence-electron chi connectivity index (χ3n) is 3.09. The van der Waals surface area contributed by atoms with Crippen molar-refractivity contribution >= 4 is 16.7 Å². The lowest BCUT2D eigenvalue weighted by Gasteiger charge is -2.03. The van der Waals surface area contributed by atoms with Gasteiger partial charge in [0.2, 0.25) is 0 Å². The number of hydrogen-bond donors (Lipinski definition) is 1. The summed E-state index contributed by atoms with van der Waals surface area (Å²) >= 11 is 0. The Labute approximate surface area is 102 Å². The van der Waals surface area contributed by atoms with E-state index in [-0.39, 0.29) is 5.78 Å². The number of Topliss-reactive ketones (excluding diaryl/α,β-unsaturated/α-hetero) is 1. The third-order valence-corrected chi connectivity index (χ3v) is 3.09. The molecule has 0 spiro atoms. The Morgan fingerprint density at radius 3 is 2.82 bits per heavy atom. The summed E-state index contributed by atoms with van der Waals surface area (Å²) < 4.78 is 0. The van der Waals surface area contributed by atoms with Crippen LogP contribution in [-0.4, -0.2) is 10.8 Å². The molecule has 1 N–H and O–H groups in total. The molecule has 1 aromatic heterocycles. The van der Waals surface area contributed by atoms with Gasteiger partial charge in [-0.15, -0.1) is 0 Å². The number of fused-ring (bicyclic) bond motifs is 1. The minimum atomic E-state index is 0.246. The number of nitrogens with one attached hydrogen (secondary N) is 1. The number of rotatable bonds is 4. The molecule has 2 aromatic rings. The summed E-state index contributed by atoms with van der Waals surface area (Å²) in [6.45, 7) is 6.34. The lowest BCUT2D eigenvalue weighted by molar-refractivity contribution is 0.0977. The Hall–Kier alpha value is -1.57. The molecule has 0 unspecified atom stereocenters. The first kappa shape index (κ1) is 11.9. The number of H-pyrrole nitrogens is 1. The monoisotopic (exact) mass is 229 g/mol. The quantitative estimate of drug-likeness (QED) is 0.787. The van der Waals surface area contributed by atoms with Gasteiger partial charge in [0.15, 0.2) is 5.78 Å². The fraction of sp³-hybridized carbons (Fsp3) is 0.400. The maximum absolute atomic E-state index is 12.1. The van der Waals surface area contributed by atoms with Gasteiger partial charge in [-0.1, -0.05) is 25.5 Å². The predicted molar refractivity (Wildman–Crippen MR) is 71.4 cm³/mol. The van der Waals surface area contributed by atoms with Crippen LogP contribution in [0.1, 0.15) is 42.6 Å². The minimum Gasteiger partial charge on any atom is -0.360 e. The van der Waals surface area contributed by atoms with Gasteiger partial charge in [0.1, 0.15) is 0 Å². The Kier molecular flexibility index (Phi) is 3.32. The molecule has 1 heterocycles. The molecule has 0 amide bonds. The smallest absolute Gasteiger partial charge is 0.165 e. The van der Waals surface area contributed by atoms with E-state index in [1.807, 2.05) is 12.3 Å². The van der Waals surface area contributed by atoms with Gasteiger partial charge in [0.25, 0.3) is 0 Å². The topological polar surface area (TPSA) is 32.9 Å². The van der Waals surface area contributed by atoms with E-state index in [0.29, 0.717) is 12.3 Å². The minimum absolute atomic E-state index is 0.246. The van der Waals surface area contributed by atoms with Gasteiger partial charge in [-0.2, -0.15) is 0 Å². The van der Waals surface area contributed by atoms with Crippen LogP contribution in [0.3, 0.4) is 0 Å². The van der Waals surface area contributed by atoms with Crippen LogP contribution >= 0.6 is 0 Å². The van der Waals surface area contributed by atoms with Crippen LogP contribution in [-0.2, 0) is 0 Å². The number of carbonyl (C=O) groups is 1. The third kappa shape index (κ3) is 2.57. The second-order valence-corrected chi connectivity index (χ2v) is 5.11. The number of aryl methyl sites for hydroxylation is 1. The second kappa shape index (κ2) is 4.74. The number of carbonyl (C=O) groups excluding carboxylic acids is 1. The first-order valence-electron chi connectivity index (χ1n) is 6.19. The van der Waals surface area contributed by atoms with Crippen LogP contribution in [0.2, 0.25) is 0 Å². The zero-order valence-electron chi connectivity index (χ0n) is 10.7. The molecule has 0 aliphatic heterocycles. The molecule has 90 valence electrons. The molecule has 0 saturated carbocycles. The van der Waals surface area contributed by atoms with E-state index in [2.05, 4.69) is 37.9 Å². The first-order valence-corrected chi connectivity index (χ1v) is 6.19. The van der Waals surface area contributed by atoms with Gasteiger partial charge in [0, 0.05) is 29.1 Å². The van der Waals surface area contributed by atoms with Crippen LogP contribution in [0.5, 0.6) is 0 Å². The van der Waals surface area contributed by atoms with Gasteiger partial charge in [-0.25, -0.2) is 0 Å². The SMILES string of the molecule is Cc1ccc2[nH]cc(C(=O)CCC(C)C)c2c1. The maximum Gasteiger partial charge on any atom is 0.165 e. The lowest BCUT2D eigenvalue weighted by atomic mass is 10.0. The first-order chi connectivity index (χ1) is 8.08. The largest absolute Gasteiger partial charge is 0.360 e. The maximum atomic E-state index is 12.1. The molecule has 0 saturated heterocycles. The van der Waals surface area contributed by atoms with E-state index in [1.165, 1.54) is 5.56 Å². The molecular weight excluding hydrogens is 210 g/mol. The van der Waals surface area contributed by atoms with E-state index >= 15 is 0 Å². The highest BCUT2D eigenvalue weighted by Crippen LogP contribution is 2.22. The molecule has 17 heavy (non-hydrogen) atoms. The lowest BCUT2D eigenvalue weighted by Crippen LogP contribution is -2.00. The van der Waals surface area contributed by atoms with Gasteiger partial charge >= 0.3 is 0 Å². The molecule has 0 aliphatic rings. The van der Waals surface area contributed by atoms with Crippen LogP contribution < -0.4 is 0 Å². The number of hydrogen-bond acceptors (Lipinski definition) is 1. The van der Waals surface area contributed by atoms with Crippen molar-refractivity contribution in [3.05, 3.63) is 35.5 Å². The Bertz CT molecular complexity index is 537. The highest BCUT2D eigenvalue weighted by Gasteiger charge is 2.12. The van der Waals surface area contributed by atoms with Crippen molar-refractivity contribution in [1.82, 2.24) is 4.98 Å².